The van der Waals surface area contributed by atoms with E-state index in [-0.39, 0.29) is 17.9 Å². The number of hydrogen-bond donors (Lipinski definition) is 3. The molecule has 0 aliphatic heterocycles. The normalized spacial score (nSPS) is 21.1. The van der Waals surface area contributed by atoms with Gasteiger partial charge in [0.25, 0.3) is 0 Å². The molecule has 2 amide bonds. The molecular formula is C16H27N5O7. The van der Waals surface area contributed by atoms with Gasteiger partial charge in [0, 0.05) is 31.0 Å². The lowest BCUT2D eigenvalue weighted by atomic mass is 9.82. The molecule has 0 radical (unpaired) electrons. The number of amides is 2. The van der Waals surface area contributed by atoms with Crippen molar-refractivity contribution in [2.75, 3.05) is 14.1 Å². The van der Waals surface area contributed by atoms with Gasteiger partial charge in [-0.25, -0.2) is 14.4 Å². The van der Waals surface area contributed by atoms with Gasteiger partial charge in [-0.3, -0.25) is 4.79 Å². The molecule has 1 aliphatic carbocycles. The maximum Gasteiger partial charge on any atom is 0.414 e. The van der Waals surface area contributed by atoms with E-state index in [0.29, 0.717) is 19.3 Å². The minimum atomic E-state index is -1.82. The lowest BCUT2D eigenvalue weighted by molar-refractivity contribution is -0.159. The molecule has 28 heavy (non-hydrogen) atoms. The van der Waals surface area contributed by atoms with Gasteiger partial charge in [-0.05, 0) is 45.6 Å². The Balaban J connectivity index is 0.00000105. The lowest BCUT2D eigenvalue weighted by Crippen LogP contribution is -2.49. The Bertz CT molecular complexity index is 626. The maximum atomic E-state index is 12.1. The fraction of sp³-hybridized carbons (Fsp3) is 0.750. The molecule has 0 unspecified atom stereocenters. The van der Waals surface area contributed by atoms with E-state index in [1.807, 2.05) is 0 Å². The predicted molar refractivity (Wildman–Crippen MR) is 97.4 cm³/mol. The van der Waals surface area contributed by atoms with Crippen LogP contribution in [-0.4, -0.2) is 70.8 Å². The van der Waals surface area contributed by atoms with Crippen molar-refractivity contribution in [2.45, 2.75) is 57.7 Å². The van der Waals surface area contributed by atoms with Crippen LogP contribution in [-0.2, 0) is 19.1 Å². The molecule has 3 N–H and O–H groups in total. The third-order valence-corrected chi connectivity index (χ3v) is 3.69. The van der Waals surface area contributed by atoms with Crippen LogP contribution in [0.4, 0.5) is 4.79 Å². The van der Waals surface area contributed by atoms with Crippen LogP contribution in [0.25, 0.3) is 10.4 Å². The smallest absolute Gasteiger partial charge is 0.414 e. The Kier molecular flexibility index (Phi) is 9.80. The number of carboxylic acid groups (broad SMARTS) is 2. The van der Waals surface area contributed by atoms with Gasteiger partial charge in [0.15, 0.2) is 0 Å². The predicted octanol–water partition coefficient (Wildman–Crippen LogP) is 1.60. The van der Waals surface area contributed by atoms with Crippen molar-refractivity contribution in [1.29, 1.82) is 0 Å². The van der Waals surface area contributed by atoms with E-state index < -0.39 is 29.7 Å². The van der Waals surface area contributed by atoms with Crippen LogP contribution >= 0.6 is 0 Å². The topological polar surface area (TPSA) is 182 Å². The van der Waals surface area contributed by atoms with E-state index in [2.05, 4.69) is 15.3 Å². The summed E-state index contributed by atoms with van der Waals surface area (Å²) in [5, 5.41) is 21.3. The molecule has 12 heteroatoms. The summed E-state index contributed by atoms with van der Waals surface area (Å²) >= 11 is 0. The summed E-state index contributed by atoms with van der Waals surface area (Å²) in [6, 6.07) is -0.753. The van der Waals surface area contributed by atoms with Gasteiger partial charge >= 0.3 is 18.0 Å². The van der Waals surface area contributed by atoms with Gasteiger partial charge < -0.3 is 25.2 Å². The molecule has 0 saturated heterocycles. The zero-order valence-electron chi connectivity index (χ0n) is 16.6. The third-order valence-electron chi connectivity index (χ3n) is 3.69. The minimum Gasteiger partial charge on any atom is -0.473 e. The third kappa shape index (κ3) is 9.62. The van der Waals surface area contributed by atoms with E-state index in [4.69, 9.17) is 30.1 Å². The summed E-state index contributed by atoms with van der Waals surface area (Å²) in [6.45, 7) is 5.32. The van der Waals surface area contributed by atoms with Crippen molar-refractivity contribution in [3.8, 4) is 0 Å². The number of aliphatic carboxylic acids is 2. The number of carboxylic acids is 2. The molecular weight excluding hydrogens is 374 g/mol. The average Bonchev–Trinajstić information content (AvgIpc) is 2.54. The average molecular weight is 401 g/mol. The fourth-order valence-corrected chi connectivity index (χ4v) is 2.56. The number of rotatable bonds is 3. The number of alkyl carbamates (subject to hydrolysis) is 1. The number of carbonyl (C=O) groups is 4. The zero-order valence-corrected chi connectivity index (χ0v) is 16.6. The maximum absolute atomic E-state index is 12.1. The first-order valence-electron chi connectivity index (χ1n) is 8.49. The molecule has 0 aromatic heterocycles. The van der Waals surface area contributed by atoms with Crippen LogP contribution in [0.2, 0.25) is 0 Å². The van der Waals surface area contributed by atoms with Gasteiger partial charge in [0.05, 0.1) is 6.04 Å². The number of azide groups is 1. The molecule has 0 bridgehead atoms. The second kappa shape index (κ2) is 11.0. The fourth-order valence-electron chi connectivity index (χ4n) is 2.56. The van der Waals surface area contributed by atoms with E-state index >= 15 is 0 Å². The molecule has 0 heterocycles. The first-order chi connectivity index (χ1) is 12.8. The Morgan fingerprint density at radius 3 is 2.07 bits per heavy atom. The van der Waals surface area contributed by atoms with E-state index in [1.54, 1.807) is 39.8 Å². The quantitative estimate of drug-likeness (QED) is 0.277. The van der Waals surface area contributed by atoms with Crippen molar-refractivity contribution in [3.63, 3.8) is 0 Å². The van der Waals surface area contributed by atoms with Crippen LogP contribution in [0.15, 0.2) is 5.11 Å². The van der Waals surface area contributed by atoms with Crippen LogP contribution in [0.3, 0.4) is 0 Å². The van der Waals surface area contributed by atoms with Crippen LogP contribution in [0.1, 0.15) is 40.0 Å². The molecule has 1 aliphatic rings. The first-order valence-corrected chi connectivity index (χ1v) is 8.49. The lowest BCUT2D eigenvalue weighted by Gasteiger charge is -2.35. The zero-order chi connectivity index (χ0) is 22.1. The Morgan fingerprint density at radius 2 is 1.68 bits per heavy atom. The van der Waals surface area contributed by atoms with Crippen molar-refractivity contribution < 1.29 is 34.1 Å². The monoisotopic (exact) mass is 401 g/mol. The Labute approximate surface area is 162 Å². The summed E-state index contributed by atoms with van der Waals surface area (Å²) in [7, 11) is 3.41. The second-order valence-electron chi connectivity index (χ2n) is 7.38. The summed E-state index contributed by atoms with van der Waals surface area (Å²) in [6.07, 6.45) is 1.09. The molecule has 1 saturated carbocycles. The number of nitrogens with one attached hydrogen (secondary N) is 1. The van der Waals surface area contributed by atoms with Crippen LogP contribution in [0.5, 0.6) is 0 Å². The van der Waals surface area contributed by atoms with Gasteiger partial charge in [0.2, 0.25) is 5.91 Å². The highest BCUT2D eigenvalue weighted by Gasteiger charge is 2.35. The largest absolute Gasteiger partial charge is 0.473 e. The molecule has 12 nitrogen and oxygen atoms in total. The molecule has 1 rings (SSSR count). The van der Waals surface area contributed by atoms with E-state index in [0.717, 1.165) is 0 Å². The molecule has 0 aromatic carbocycles. The SMILES string of the molecule is CN(C)C(=O)[C@H]1CC[C@H](N=[N+]=[N-])[C@H](NC(=O)OC(C)(C)C)C1.O=C(O)C(=O)O. The number of ether oxygens (including phenoxy) is 1. The molecule has 3 atom stereocenters. The number of hydrogen-bond acceptors (Lipinski definition) is 6. The summed E-state index contributed by atoms with van der Waals surface area (Å²) < 4.78 is 5.23. The molecule has 158 valence electrons. The molecule has 1 fully saturated rings. The highest BCUT2D eigenvalue weighted by molar-refractivity contribution is 6.27. The van der Waals surface area contributed by atoms with Crippen molar-refractivity contribution >= 4 is 23.9 Å². The summed E-state index contributed by atoms with van der Waals surface area (Å²) in [5.41, 5.74) is 8.05. The highest BCUT2D eigenvalue weighted by atomic mass is 16.6. The van der Waals surface area contributed by atoms with Crippen molar-refractivity contribution in [3.05, 3.63) is 10.4 Å². The van der Waals surface area contributed by atoms with Crippen molar-refractivity contribution in [1.82, 2.24) is 10.2 Å². The van der Waals surface area contributed by atoms with Gasteiger partial charge in [0.1, 0.15) is 5.60 Å². The van der Waals surface area contributed by atoms with Crippen LogP contribution < -0.4 is 5.32 Å². The van der Waals surface area contributed by atoms with E-state index in [9.17, 15) is 9.59 Å². The first kappa shape index (κ1) is 25.0. The van der Waals surface area contributed by atoms with Crippen molar-refractivity contribution in [2.24, 2.45) is 11.0 Å². The van der Waals surface area contributed by atoms with Gasteiger partial charge in [-0.1, -0.05) is 5.11 Å². The molecule has 0 aromatic rings. The van der Waals surface area contributed by atoms with Crippen LogP contribution in [0, 0.1) is 5.92 Å². The number of nitrogens with zero attached hydrogens (tertiary/aromatic N) is 4. The second-order valence-corrected chi connectivity index (χ2v) is 7.38. The summed E-state index contributed by atoms with van der Waals surface area (Å²) in [4.78, 5) is 46.6. The standard InChI is InChI=1S/C14H25N5O3.C2H2O4/c1-14(2,3)22-13(21)16-11-8-9(12(20)19(4)5)6-7-10(11)17-18-15;3-1(4)2(5)6/h9-11H,6-8H2,1-5H3,(H,16,21);(H,3,4)(H,5,6)/t9-,10-,11+;/m0./s1. The minimum absolute atomic E-state index is 0.0235. The Hall–Kier alpha value is -3.01. The van der Waals surface area contributed by atoms with Gasteiger partial charge in [-0.2, -0.15) is 0 Å². The van der Waals surface area contributed by atoms with Gasteiger partial charge in [-0.15, -0.1) is 0 Å². The number of carbonyl (C=O) groups excluding carboxylic acids is 2. The Morgan fingerprint density at radius 1 is 1.14 bits per heavy atom. The summed E-state index contributed by atoms with van der Waals surface area (Å²) in [5.74, 6) is -3.81. The molecule has 0 spiro atoms. The van der Waals surface area contributed by atoms with E-state index in [1.165, 1.54) is 0 Å². The highest BCUT2D eigenvalue weighted by Crippen LogP contribution is 2.28.